The Morgan fingerprint density at radius 1 is 1.77 bits per heavy atom. The summed E-state index contributed by atoms with van der Waals surface area (Å²) < 4.78 is 38.3. The first kappa shape index (κ1) is 4.05. The van der Waals surface area contributed by atoms with E-state index in [2.05, 4.69) is 4.99 Å². The van der Waals surface area contributed by atoms with Crippen molar-refractivity contribution >= 4 is 17.8 Å². The second-order valence-corrected chi connectivity index (χ2v) is 2.57. The lowest BCUT2D eigenvalue weighted by Crippen LogP contribution is -2.04. The minimum atomic E-state index is -1.94. The first-order valence-electron chi connectivity index (χ1n) is 6.16. The van der Waals surface area contributed by atoms with Gasteiger partial charge in [0.2, 0.25) is 0 Å². The van der Waals surface area contributed by atoms with Gasteiger partial charge in [0.1, 0.15) is 0 Å². The van der Waals surface area contributed by atoms with Crippen molar-refractivity contribution in [3.63, 3.8) is 0 Å². The van der Waals surface area contributed by atoms with Crippen molar-refractivity contribution in [2.75, 3.05) is 0 Å². The Balaban J connectivity index is 2.69. The van der Waals surface area contributed by atoms with Crippen molar-refractivity contribution in [2.45, 2.75) is 12.3 Å². The summed E-state index contributed by atoms with van der Waals surface area (Å²) in [5, 5.41) is 8.79. The van der Waals surface area contributed by atoms with Gasteiger partial charge in [-0.15, -0.1) is 0 Å². The molecule has 0 aliphatic carbocycles. The van der Waals surface area contributed by atoms with Crippen molar-refractivity contribution < 1.29 is 16.8 Å². The summed E-state index contributed by atoms with van der Waals surface area (Å²) in [5.74, 6) is -3.22. The normalized spacial score (nSPS) is 30.5. The number of aliphatic imine (C=N–C) groups is 1. The number of aliphatic carboxylic acids is 1. The van der Waals surface area contributed by atoms with Gasteiger partial charge in [0.05, 0.1) is 17.6 Å². The molecule has 1 aliphatic heterocycles. The van der Waals surface area contributed by atoms with Crippen LogP contribution in [0.1, 0.15) is 24.7 Å². The summed E-state index contributed by atoms with van der Waals surface area (Å²) >= 11 is 0. The summed E-state index contributed by atoms with van der Waals surface area (Å²) in [5.41, 5.74) is -0.00171. The Morgan fingerprint density at radius 3 is 3.38 bits per heavy atom. The molecule has 13 heavy (non-hydrogen) atoms. The van der Waals surface area contributed by atoms with E-state index in [1.54, 1.807) is 0 Å². The van der Waals surface area contributed by atoms with Gasteiger partial charge in [0.25, 0.3) is 0 Å². The molecule has 1 N–H and O–H groups in total. The zero-order valence-electron chi connectivity index (χ0n) is 11.6. The number of rotatable bonds is 2. The van der Waals surface area contributed by atoms with Crippen LogP contribution in [0, 0.1) is 0 Å². The van der Waals surface area contributed by atoms with Crippen molar-refractivity contribution in [3.8, 4) is 0 Å². The molecule has 0 saturated carbocycles. The van der Waals surface area contributed by atoms with E-state index < -0.39 is 30.5 Å². The van der Waals surface area contributed by atoms with Gasteiger partial charge < -0.3 is 5.11 Å². The molecule has 1 aromatic carbocycles. The largest absolute Gasteiger partial charge is 0.481 e. The van der Waals surface area contributed by atoms with Gasteiger partial charge >= 0.3 is 5.97 Å². The number of nitrogens with zero attached hydrogens (tertiary/aromatic N) is 1. The van der Waals surface area contributed by atoms with Crippen molar-refractivity contribution in [2.24, 2.45) is 4.99 Å². The molecule has 1 aromatic rings. The van der Waals surface area contributed by atoms with Gasteiger partial charge in [0, 0.05) is 13.5 Å². The molecule has 1 unspecified atom stereocenters. The number of para-hydroxylation sites is 1. The Labute approximate surface area is 82.8 Å². The zero-order chi connectivity index (χ0) is 13.7. The monoisotopic (exact) mass is 180 g/mol. The highest BCUT2D eigenvalue weighted by Crippen LogP contribution is 2.33. The smallest absolute Gasteiger partial charge is 0.304 e. The van der Waals surface area contributed by atoms with E-state index in [0.717, 1.165) is 0 Å². The van der Waals surface area contributed by atoms with E-state index in [0.29, 0.717) is 0 Å². The fourth-order valence-electron chi connectivity index (χ4n) is 1.12. The fraction of sp³-hybridized carbons (Fsp3) is 0.200. The summed E-state index contributed by atoms with van der Waals surface area (Å²) in [7, 11) is 0. The van der Waals surface area contributed by atoms with Gasteiger partial charge in [-0.25, -0.2) is 0 Å². The van der Waals surface area contributed by atoms with Gasteiger partial charge in [-0.3, -0.25) is 9.79 Å². The third-order valence-electron chi connectivity index (χ3n) is 1.67. The molecular weight excluding hydrogens is 166 g/mol. The summed E-state index contributed by atoms with van der Waals surface area (Å²) in [6.45, 7) is 0. The molecule has 0 bridgehead atoms. The highest BCUT2D eigenvalue weighted by molar-refractivity contribution is 5.85. The van der Waals surface area contributed by atoms with Crippen LogP contribution in [-0.2, 0) is 4.79 Å². The molecule has 3 heteroatoms. The predicted molar refractivity (Wildman–Crippen MR) is 49.6 cm³/mol. The van der Waals surface area contributed by atoms with Gasteiger partial charge in [-0.1, -0.05) is 18.1 Å². The first-order chi connectivity index (χ1) is 8.27. The Morgan fingerprint density at radius 2 is 2.62 bits per heavy atom. The molecule has 2 rings (SSSR count). The highest BCUT2D eigenvalue weighted by atomic mass is 16.4. The molecular formula is C10H9NO2. The third kappa shape index (κ3) is 1.45. The van der Waals surface area contributed by atoms with E-state index in [1.807, 2.05) is 0 Å². The zero-order valence-corrected chi connectivity index (χ0v) is 6.59. The molecule has 1 aliphatic rings. The molecule has 0 radical (unpaired) electrons. The van der Waals surface area contributed by atoms with Gasteiger partial charge in [-0.2, -0.15) is 0 Å². The SMILES string of the molecule is [2H]C1=Nc2cc([2H])c([2H])c([2H])c2C1([2H])CC(=O)O. The number of carboxylic acids is 1. The molecule has 0 saturated heterocycles. The minimum Gasteiger partial charge on any atom is -0.481 e. The summed E-state index contributed by atoms with van der Waals surface area (Å²) in [4.78, 5) is 14.5. The van der Waals surface area contributed by atoms with Crippen LogP contribution in [-0.4, -0.2) is 17.3 Å². The van der Waals surface area contributed by atoms with Crippen LogP contribution in [0.25, 0.3) is 0 Å². The lowest BCUT2D eigenvalue weighted by atomic mass is 9.98. The second kappa shape index (κ2) is 3.01. The second-order valence-electron chi connectivity index (χ2n) is 2.57. The van der Waals surface area contributed by atoms with Crippen LogP contribution in [0.2, 0.25) is 0 Å². The van der Waals surface area contributed by atoms with Crippen LogP contribution >= 0.6 is 0 Å². The van der Waals surface area contributed by atoms with E-state index in [-0.39, 0.29) is 23.3 Å². The number of hydrogen-bond donors (Lipinski definition) is 1. The molecule has 1 heterocycles. The molecule has 0 aromatic heterocycles. The van der Waals surface area contributed by atoms with E-state index >= 15 is 0 Å². The molecule has 1 atom stereocenters. The van der Waals surface area contributed by atoms with Crippen LogP contribution in [0.3, 0.4) is 0 Å². The maximum Gasteiger partial charge on any atom is 0.304 e. The average molecular weight is 180 g/mol. The van der Waals surface area contributed by atoms with Crippen LogP contribution in [0.5, 0.6) is 0 Å². The van der Waals surface area contributed by atoms with Crippen molar-refractivity contribution in [1.29, 1.82) is 0 Å². The first-order valence-corrected chi connectivity index (χ1v) is 3.66. The number of hydrogen-bond acceptors (Lipinski definition) is 2. The lowest BCUT2D eigenvalue weighted by molar-refractivity contribution is -0.137. The fourth-order valence-corrected chi connectivity index (χ4v) is 1.12. The molecule has 0 amide bonds. The van der Waals surface area contributed by atoms with Crippen LogP contribution in [0.15, 0.2) is 29.2 Å². The maximum absolute atomic E-state index is 10.8. The summed E-state index contributed by atoms with van der Waals surface area (Å²) in [6, 6.07) is 0.165. The van der Waals surface area contributed by atoms with Crippen LogP contribution in [0.4, 0.5) is 5.69 Å². The number of carbonyl (C=O) groups is 1. The number of fused-ring (bicyclic) bond motifs is 1. The third-order valence-corrected chi connectivity index (χ3v) is 1.67. The molecule has 0 fully saturated rings. The molecule has 66 valence electrons. The topological polar surface area (TPSA) is 49.7 Å². The van der Waals surface area contributed by atoms with Crippen molar-refractivity contribution in [1.82, 2.24) is 0 Å². The number of carboxylic acid groups (broad SMARTS) is 1. The quantitative estimate of drug-likeness (QED) is 0.756. The standard InChI is InChI=1S/C10H9NO2/c12-10(13)5-7-6-11-9-4-2-1-3-8(7)9/h1-4,6-7H,5H2,(H,12,13)/i1D,2D,3D,6D,7D. The highest BCUT2D eigenvalue weighted by Gasteiger charge is 2.20. The van der Waals surface area contributed by atoms with E-state index in [9.17, 15) is 4.79 Å². The molecule has 0 spiro atoms. The maximum atomic E-state index is 10.8. The van der Waals surface area contributed by atoms with Crippen LogP contribution < -0.4 is 0 Å². The summed E-state index contributed by atoms with van der Waals surface area (Å²) in [6.07, 6.45) is -1.16. The Bertz CT molecular complexity index is 586. The van der Waals surface area contributed by atoms with E-state index in [4.69, 9.17) is 12.0 Å². The van der Waals surface area contributed by atoms with Gasteiger partial charge in [0.15, 0.2) is 0 Å². The van der Waals surface area contributed by atoms with E-state index in [1.165, 1.54) is 6.07 Å². The molecule has 3 nitrogen and oxygen atoms in total. The number of benzene rings is 1. The lowest BCUT2D eigenvalue weighted by Gasteiger charge is -2.04. The Hall–Kier alpha value is -1.64. The average Bonchev–Trinajstić information content (AvgIpc) is 2.46. The van der Waals surface area contributed by atoms with Gasteiger partial charge in [-0.05, 0) is 11.6 Å². The minimum absolute atomic E-state index is 0.0715. The Kier molecular flexibility index (Phi) is 0.937. The predicted octanol–water partition coefficient (Wildman–Crippen LogP) is 1.96. The van der Waals surface area contributed by atoms with Crippen molar-refractivity contribution in [3.05, 3.63) is 29.8 Å².